The third kappa shape index (κ3) is 3.76. The van der Waals surface area contributed by atoms with Crippen LogP contribution >= 0.6 is 0 Å². The van der Waals surface area contributed by atoms with Crippen LogP contribution in [-0.4, -0.2) is 60.4 Å². The third-order valence-corrected chi connectivity index (χ3v) is 5.26. The van der Waals surface area contributed by atoms with Crippen molar-refractivity contribution < 1.29 is 14.6 Å². The molecule has 3 atom stereocenters. The molecule has 0 amide bonds. The van der Waals surface area contributed by atoms with Gasteiger partial charge in [-0.3, -0.25) is 9.69 Å². The van der Waals surface area contributed by atoms with Gasteiger partial charge in [0.25, 0.3) is 0 Å². The molecule has 0 aromatic heterocycles. The number of aliphatic carboxylic acids is 1. The molecule has 21 heavy (non-hydrogen) atoms. The molecule has 2 rings (SSSR count). The van der Waals surface area contributed by atoms with Crippen LogP contribution in [0.15, 0.2) is 0 Å². The lowest BCUT2D eigenvalue weighted by Gasteiger charge is -2.35. The van der Waals surface area contributed by atoms with E-state index in [1.807, 2.05) is 6.92 Å². The Morgan fingerprint density at radius 3 is 2.71 bits per heavy atom. The molecule has 0 heterocycles. The van der Waals surface area contributed by atoms with Crippen molar-refractivity contribution in [2.24, 2.45) is 5.92 Å². The Morgan fingerprint density at radius 1 is 1.48 bits per heavy atom. The zero-order valence-corrected chi connectivity index (χ0v) is 13.6. The van der Waals surface area contributed by atoms with Crippen molar-refractivity contribution in [3.8, 4) is 0 Å². The smallest absolute Gasteiger partial charge is 0.323 e. The van der Waals surface area contributed by atoms with Crippen LogP contribution in [0.1, 0.15) is 46.0 Å². The van der Waals surface area contributed by atoms with Crippen LogP contribution in [0.2, 0.25) is 0 Å². The number of methoxy groups -OCH3 is 1. The number of ether oxygens (including phenoxy) is 1. The molecule has 0 spiro atoms. The van der Waals surface area contributed by atoms with Crippen LogP contribution in [0.5, 0.6) is 0 Å². The summed E-state index contributed by atoms with van der Waals surface area (Å²) < 4.78 is 5.26. The van der Waals surface area contributed by atoms with E-state index in [2.05, 4.69) is 17.1 Å². The van der Waals surface area contributed by atoms with E-state index in [1.54, 1.807) is 7.11 Å². The van der Waals surface area contributed by atoms with Crippen molar-refractivity contribution in [3.63, 3.8) is 0 Å². The highest BCUT2D eigenvalue weighted by Gasteiger charge is 2.48. The van der Waals surface area contributed by atoms with Crippen LogP contribution in [0.4, 0.5) is 0 Å². The summed E-state index contributed by atoms with van der Waals surface area (Å²) in [6.45, 7) is 6.60. The largest absolute Gasteiger partial charge is 0.480 e. The molecule has 0 aliphatic heterocycles. The van der Waals surface area contributed by atoms with Gasteiger partial charge in [0.1, 0.15) is 5.54 Å². The van der Waals surface area contributed by atoms with Gasteiger partial charge in [0.15, 0.2) is 0 Å². The molecule has 122 valence electrons. The summed E-state index contributed by atoms with van der Waals surface area (Å²) in [5.74, 6) is 0.0958. The number of carbonyl (C=O) groups is 1. The number of hydrogen-bond acceptors (Lipinski definition) is 4. The van der Waals surface area contributed by atoms with E-state index in [0.717, 1.165) is 31.9 Å². The maximum absolute atomic E-state index is 11.7. The molecular weight excluding hydrogens is 268 g/mol. The molecule has 2 aliphatic rings. The predicted molar refractivity (Wildman–Crippen MR) is 82.5 cm³/mol. The van der Waals surface area contributed by atoms with Crippen LogP contribution in [0, 0.1) is 5.92 Å². The topological polar surface area (TPSA) is 61.8 Å². The summed E-state index contributed by atoms with van der Waals surface area (Å²) in [5, 5.41) is 12.8. The first-order valence-corrected chi connectivity index (χ1v) is 8.27. The van der Waals surface area contributed by atoms with Crippen LogP contribution in [0.25, 0.3) is 0 Å². The lowest BCUT2D eigenvalue weighted by atomic mass is 9.97. The van der Waals surface area contributed by atoms with E-state index in [0.29, 0.717) is 25.0 Å². The van der Waals surface area contributed by atoms with Gasteiger partial charge in [-0.1, -0.05) is 6.92 Å². The van der Waals surface area contributed by atoms with E-state index < -0.39 is 11.5 Å². The van der Waals surface area contributed by atoms with Crippen molar-refractivity contribution in [2.75, 3.05) is 26.8 Å². The molecule has 2 aliphatic carbocycles. The minimum absolute atomic E-state index is 0.353. The molecule has 0 saturated heterocycles. The second kappa shape index (κ2) is 7.07. The molecule has 3 unspecified atom stereocenters. The Hall–Kier alpha value is -0.650. The summed E-state index contributed by atoms with van der Waals surface area (Å²) in [6.07, 6.45) is 5.02. The number of rotatable bonds is 9. The Balaban J connectivity index is 2.04. The maximum atomic E-state index is 11.7. The quantitative estimate of drug-likeness (QED) is 0.679. The molecule has 0 radical (unpaired) electrons. The Bertz CT molecular complexity index is 359. The molecule has 2 saturated carbocycles. The normalized spacial score (nSPS) is 30.8. The summed E-state index contributed by atoms with van der Waals surface area (Å²) >= 11 is 0. The van der Waals surface area contributed by atoms with Crippen LogP contribution in [0.3, 0.4) is 0 Å². The van der Waals surface area contributed by atoms with Gasteiger partial charge in [0.2, 0.25) is 0 Å². The summed E-state index contributed by atoms with van der Waals surface area (Å²) in [6, 6.07) is 0.891. The Kier molecular flexibility index (Phi) is 5.63. The number of hydrogen-bond donors (Lipinski definition) is 2. The van der Waals surface area contributed by atoms with E-state index in [-0.39, 0.29) is 0 Å². The molecule has 0 aromatic rings. The lowest BCUT2D eigenvalue weighted by Crippen LogP contribution is -2.52. The fourth-order valence-electron chi connectivity index (χ4n) is 3.84. The standard InChI is InChI=1S/C16H30N2O3/c1-4-17-16(15(19)20)8-7-14(11-16)18(9-10-21-3)12(2)13-5-6-13/h12-14,17H,4-11H2,1-3H3,(H,19,20). The highest BCUT2D eigenvalue weighted by Crippen LogP contribution is 2.40. The fourth-order valence-corrected chi connectivity index (χ4v) is 3.84. The zero-order valence-electron chi connectivity index (χ0n) is 13.6. The van der Waals surface area contributed by atoms with E-state index in [1.165, 1.54) is 12.8 Å². The SMILES string of the molecule is CCNC1(C(=O)O)CCC(N(CCOC)C(C)C2CC2)C1. The Morgan fingerprint density at radius 2 is 2.19 bits per heavy atom. The minimum atomic E-state index is -0.728. The molecule has 5 nitrogen and oxygen atoms in total. The second-order valence-corrected chi connectivity index (χ2v) is 6.62. The number of nitrogens with one attached hydrogen (secondary N) is 1. The molecular formula is C16H30N2O3. The molecule has 0 aromatic carbocycles. The molecule has 0 bridgehead atoms. The second-order valence-electron chi connectivity index (χ2n) is 6.62. The fraction of sp³-hybridized carbons (Fsp3) is 0.938. The lowest BCUT2D eigenvalue weighted by molar-refractivity contribution is -0.144. The average Bonchev–Trinajstić information content (AvgIpc) is 3.21. The number of nitrogens with zero attached hydrogens (tertiary/aromatic N) is 1. The third-order valence-electron chi connectivity index (χ3n) is 5.26. The van der Waals surface area contributed by atoms with Gasteiger partial charge in [-0.15, -0.1) is 0 Å². The van der Waals surface area contributed by atoms with Crippen molar-refractivity contribution in [3.05, 3.63) is 0 Å². The van der Waals surface area contributed by atoms with Crippen LogP contribution < -0.4 is 5.32 Å². The van der Waals surface area contributed by atoms with Crippen molar-refractivity contribution in [1.82, 2.24) is 10.2 Å². The number of carboxylic acid groups (broad SMARTS) is 1. The first-order chi connectivity index (χ1) is 10.0. The minimum Gasteiger partial charge on any atom is -0.480 e. The molecule has 2 N–H and O–H groups in total. The summed E-state index contributed by atoms with van der Waals surface area (Å²) in [4.78, 5) is 14.2. The van der Waals surface area contributed by atoms with Gasteiger partial charge >= 0.3 is 5.97 Å². The summed E-state index contributed by atoms with van der Waals surface area (Å²) in [7, 11) is 1.73. The van der Waals surface area contributed by atoms with Crippen molar-refractivity contribution in [2.45, 2.75) is 63.6 Å². The van der Waals surface area contributed by atoms with Crippen molar-refractivity contribution >= 4 is 5.97 Å². The molecule has 2 fully saturated rings. The van der Waals surface area contributed by atoms with E-state index >= 15 is 0 Å². The van der Waals surface area contributed by atoms with E-state index in [4.69, 9.17) is 4.74 Å². The maximum Gasteiger partial charge on any atom is 0.323 e. The number of carboxylic acids is 1. The summed E-state index contributed by atoms with van der Waals surface area (Å²) in [5.41, 5.74) is -0.728. The first kappa shape index (κ1) is 16.7. The van der Waals surface area contributed by atoms with Gasteiger partial charge in [0, 0.05) is 25.7 Å². The van der Waals surface area contributed by atoms with Crippen LogP contribution in [-0.2, 0) is 9.53 Å². The first-order valence-electron chi connectivity index (χ1n) is 8.27. The van der Waals surface area contributed by atoms with Gasteiger partial charge in [-0.05, 0) is 51.5 Å². The van der Waals surface area contributed by atoms with Gasteiger partial charge in [0.05, 0.1) is 6.61 Å². The molecule has 5 heteroatoms. The Labute approximate surface area is 128 Å². The number of likely N-dealkylation sites (N-methyl/N-ethyl adjacent to an activating group) is 1. The van der Waals surface area contributed by atoms with Gasteiger partial charge < -0.3 is 15.2 Å². The average molecular weight is 298 g/mol. The van der Waals surface area contributed by atoms with Gasteiger partial charge in [-0.25, -0.2) is 0 Å². The van der Waals surface area contributed by atoms with Gasteiger partial charge in [-0.2, -0.15) is 0 Å². The zero-order chi connectivity index (χ0) is 15.5. The highest BCUT2D eigenvalue weighted by atomic mass is 16.5. The monoisotopic (exact) mass is 298 g/mol. The predicted octanol–water partition coefficient (Wildman–Crippen LogP) is 1.72. The van der Waals surface area contributed by atoms with Crippen molar-refractivity contribution in [1.29, 1.82) is 0 Å². The highest BCUT2D eigenvalue weighted by molar-refractivity contribution is 5.79. The van der Waals surface area contributed by atoms with E-state index in [9.17, 15) is 9.90 Å².